The van der Waals surface area contributed by atoms with Gasteiger partial charge in [0.15, 0.2) is 12.3 Å². The van der Waals surface area contributed by atoms with Gasteiger partial charge >= 0.3 is 5.97 Å². The maximum Gasteiger partial charge on any atom is 0.359 e. The second kappa shape index (κ2) is 8.71. The summed E-state index contributed by atoms with van der Waals surface area (Å²) in [5.74, 6) is -0.771. The van der Waals surface area contributed by atoms with E-state index < -0.39 is 18.5 Å². The van der Waals surface area contributed by atoms with Crippen LogP contribution in [-0.2, 0) is 16.1 Å². The fourth-order valence-corrected chi connectivity index (χ4v) is 2.99. The van der Waals surface area contributed by atoms with Gasteiger partial charge in [-0.25, -0.2) is 14.5 Å². The van der Waals surface area contributed by atoms with Crippen molar-refractivity contribution in [3.8, 4) is 0 Å². The van der Waals surface area contributed by atoms with E-state index in [-0.39, 0.29) is 5.69 Å². The van der Waals surface area contributed by atoms with Crippen LogP contribution in [0.3, 0.4) is 0 Å². The summed E-state index contributed by atoms with van der Waals surface area (Å²) in [4.78, 5) is 32.8. The van der Waals surface area contributed by atoms with Gasteiger partial charge in [-0.05, 0) is 23.8 Å². The average Bonchev–Trinajstić information content (AvgIpc) is 3.19. The molecule has 0 unspecified atom stereocenters. The zero-order chi connectivity index (χ0) is 20.9. The number of nitrogens with one attached hydrogen (secondary N) is 1. The maximum absolute atomic E-state index is 12.2. The molecule has 0 fully saturated rings. The summed E-state index contributed by atoms with van der Waals surface area (Å²) in [5.41, 5.74) is 2.13. The number of aromatic nitrogens is 4. The van der Waals surface area contributed by atoms with Crippen LogP contribution in [0.15, 0.2) is 67.0 Å². The number of ether oxygens (including phenoxy) is 1. The first-order valence-electron chi connectivity index (χ1n) is 9.04. The van der Waals surface area contributed by atoms with Crippen LogP contribution < -0.4 is 5.32 Å². The van der Waals surface area contributed by atoms with Gasteiger partial charge < -0.3 is 10.1 Å². The highest BCUT2D eigenvalue weighted by molar-refractivity contribution is 6.31. The first-order chi connectivity index (χ1) is 14.6. The standard InChI is InChI=1S/C21H16ClN5O3/c22-15-6-2-1-5-14(15)12-27-19(9-10-24-27)26-20(28)13-30-21(29)18-11-23-16-7-3-4-8-17(16)25-18/h1-11H,12-13H2,(H,26,28). The highest BCUT2D eigenvalue weighted by Gasteiger charge is 2.14. The third kappa shape index (κ3) is 4.44. The fourth-order valence-electron chi connectivity index (χ4n) is 2.79. The zero-order valence-corrected chi connectivity index (χ0v) is 16.4. The SMILES string of the molecule is O=C(COC(=O)c1cnc2ccccc2n1)Nc1ccnn1Cc1ccccc1Cl. The van der Waals surface area contributed by atoms with Crippen molar-refractivity contribution >= 4 is 40.3 Å². The normalized spacial score (nSPS) is 10.7. The molecular weight excluding hydrogens is 406 g/mol. The molecule has 4 rings (SSSR count). The van der Waals surface area contributed by atoms with Crippen molar-refractivity contribution in [3.63, 3.8) is 0 Å². The van der Waals surface area contributed by atoms with E-state index in [4.69, 9.17) is 16.3 Å². The molecule has 150 valence electrons. The number of para-hydroxylation sites is 2. The van der Waals surface area contributed by atoms with Crippen LogP contribution in [0.5, 0.6) is 0 Å². The van der Waals surface area contributed by atoms with Crippen molar-refractivity contribution in [1.29, 1.82) is 0 Å². The number of esters is 1. The quantitative estimate of drug-likeness (QED) is 0.479. The van der Waals surface area contributed by atoms with E-state index in [0.717, 1.165) is 5.56 Å². The Balaban J connectivity index is 1.36. The molecular formula is C21H16ClN5O3. The highest BCUT2D eigenvalue weighted by atomic mass is 35.5. The van der Waals surface area contributed by atoms with E-state index in [0.29, 0.717) is 28.4 Å². The molecule has 9 heteroatoms. The molecule has 0 aliphatic heterocycles. The Morgan fingerprint density at radius 1 is 1.03 bits per heavy atom. The molecule has 1 amide bonds. The second-order valence-electron chi connectivity index (χ2n) is 6.33. The molecule has 1 N–H and O–H groups in total. The molecule has 0 spiro atoms. The van der Waals surface area contributed by atoms with Gasteiger partial charge in [-0.3, -0.25) is 9.78 Å². The number of halogens is 1. The molecule has 0 saturated carbocycles. The number of amides is 1. The first-order valence-corrected chi connectivity index (χ1v) is 9.42. The molecule has 2 aromatic carbocycles. The predicted octanol–water partition coefficient (Wildman–Crippen LogP) is 3.32. The minimum absolute atomic E-state index is 0.0326. The van der Waals surface area contributed by atoms with Gasteiger partial charge in [0.2, 0.25) is 0 Å². The highest BCUT2D eigenvalue weighted by Crippen LogP contribution is 2.18. The monoisotopic (exact) mass is 421 g/mol. The number of hydrogen-bond acceptors (Lipinski definition) is 6. The number of fused-ring (bicyclic) bond motifs is 1. The number of nitrogens with zero attached hydrogens (tertiary/aromatic N) is 4. The molecule has 0 atom stereocenters. The van der Waals surface area contributed by atoms with Crippen molar-refractivity contribution in [2.24, 2.45) is 0 Å². The molecule has 2 heterocycles. The molecule has 4 aromatic rings. The van der Waals surface area contributed by atoms with Crippen LogP contribution in [0.1, 0.15) is 16.1 Å². The Labute approximate surface area is 176 Å². The lowest BCUT2D eigenvalue weighted by molar-refractivity contribution is -0.119. The van der Waals surface area contributed by atoms with Crippen LogP contribution in [0.25, 0.3) is 11.0 Å². The van der Waals surface area contributed by atoms with E-state index in [1.54, 1.807) is 41.2 Å². The fraction of sp³-hybridized carbons (Fsp3) is 0.0952. The minimum atomic E-state index is -0.729. The van der Waals surface area contributed by atoms with Gasteiger partial charge in [-0.15, -0.1) is 0 Å². The molecule has 8 nitrogen and oxygen atoms in total. The molecule has 0 bridgehead atoms. The summed E-state index contributed by atoms with van der Waals surface area (Å²) < 4.78 is 6.65. The van der Waals surface area contributed by atoms with Gasteiger partial charge in [0.05, 0.1) is 30.0 Å². The van der Waals surface area contributed by atoms with Gasteiger partial charge in [0.25, 0.3) is 5.91 Å². The number of carbonyl (C=O) groups excluding carboxylic acids is 2. The minimum Gasteiger partial charge on any atom is -0.451 e. The largest absolute Gasteiger partial charge is 0.451 e. The zero-order valence-electron chi connectivity index (χ0n) is 15.7. The van der Waals surface area contributed by atoms with E-state index >= 15 is 0 Å². The number of anilines is 1. The van der Waals surface area contributed by atoms with Crippen molar-refractivity contribution in [1.82, 2.24) is 19.7 Å². The van der Waals surface area contributed by atoms with Crippen LogP contribution >= 0.6 is 11.6 Å². The smallest absolute Gasteiger partial charge is 0.359 e. The summed E-state index contributed by atoms with van der Waals surface area (Å²) in [6.45, 7) is -0.0840. The molecule has 0 aliphatic rings. The number of rotatable bonds is 6. The van der Waals surface area contributed by atoms with Crippen LogP contribution in [0.4, 0.5) is 5.82 Å². The van der Waals surface area contributed by atoms with Crippen molar-refractivity contribution < 1.29 is 14.3 Å². The Morgan fingerprint density at radius 2 is 1.80 bits per heavy atom. The summed E-state index contributed by atoms with van der Waals surface area (Å²) in [6.07, 6.45) is 2.88. The third-order valence-electron chi connectivity index (χ3n) is 4.25. The number of benzene rings is 2. The lowest BCUT2D eigenvalue weighted by atomic mass is 10.2. The molecule has 30 heavy (non-hydrogen) atoms. The van der Waals surface area contributed by atoms with E-state index in [2.05, 4.69) is 20.4 Å². The summed E-state index contributed by atoms with van der Waals surface area (Å²) in [7, 11) is 0. The van der Waals surface area contributed by atoms with Crippen LogP contribution in [-0.4, -0.2) is 38.2 Å². The molecule has 2 aromatic heterocycles. The van der Waals surface area contributed by atoms with Crippen molar-refractivity contribution in [3.05, 3.63) is 83.3 Å². The maximum atomic E-state index is 12.2. The second-order valence-corrected chi connectivity index (χ2v) is 6.74. The lowest BCUT2D eigenvalue weighted by Crippen LogP contribution is -2.23. The Bertz CT molecular complexity index is 1220. The first kappa shape index (κ1) is 19.5. The predicted molar refractivity (Wildman–Crippen MR) is 111 cm³/mol. The van der Waals surface area contributed by atoms with Crippen molar-refractivity contribution in [2.75, 3.05) is 11.9 Å². The van der Waals surface area contributed by atoms with E-state index in [1.165, 1.54) is 6.20 Å². The molecule has 0 aliphatic carbocycles. The lowest BCUT2D eigenvalue weighted by Gasteiger charge is -2.10. The molecule has 0 saturated heterocycles. The average molecular weight is 422 g/mol. The summed E-state index contributed by atoms with van der Waals surface area (Å²) >= 11 is 6.18. The third-order valence-corrected chi connectivity index (χ3v) is 4.62. The van der Waals surface area contributed by atoms with Gasteiger partial charge in [-0.2, -0.15) is 5.10 Å². The summed E-state index contributed by atoms with van der Waals surface area (Å²) in [6, 6.07) is 16.2. The van der Waals surface area contributed by atoms with Gasteiger partial charge in [-0.1, -0.05) is 41.9 Å². The number of carbonyl (C=O) groups is 2. The Kier molecular flexibility index (Phi) is 5.67. The van der Waals surface area contributed by atoms with Gasteiger partial charge in [0.1, 0.15) is 5.82 Å². The van der Waals surface area contributed by atoms with Crippen LogP contribution in [0, 0.1) is 0 Å². The molecule has 0 radical (unpaired) electrons. The van der Waals surface area contributed by atoms with E-state index in [9.17, 15) is 9.59 Å². The van der Waals surface area contributed by atoms with E-state index in [1.807, 2.05) is 24.3 Å². The topological polar surface area (TPSA) is 99.0 Å². The Hall–Kier alpha value is -3.78. The Morgan fingerprint density at radius 3 is 2.63 bits per heavy atom. The van der Waals surface area contributed by atoms with Crippen molar-refractivity contribution in [2.45, 2.75) is 6.54 Å². The number of hydrogen-bond donors (Lipinski definition) is 1. The summed E-state index contributed by atoms with van der Waals surface area (Å²) in [5, 5.41) is 7.47. The van der Waals surface area contributed by atoms with Gasteiger partial charge in [0, 0.05) is 11.1 Å². The van der Waals surface area contributed by atoms with Crippen LogP contribution in [0.2, 0.25) is 5.02 Å².